The predicted octanol–water partition coefficient (Wildman–Crippen LogP) is -0.393. The summed E-state index contributed by atoms with van der Waals surface area (Å²) in [4.78, 5) is 60.2. The summed E-state index contributed by atoms with van der Waals surface area (Å²) in [7, 11) is 0. The Morgan fingerprint density at radius 2 is 2.15 bits per heavy atom. The Hall–Kier alpha value is -4.15. The van der Waals surface area contributed by atoms with Crippen LogP contribution in [0.5, 0.6) is 0 Å². The number of hydrogen-bond acceptors (Lipinski definition) is 11. The molecule has 0 saturated carbocycles. The first-order chi connectivity index (χ1) is 19.4. The number of nitrogens with one attached hydrogen (secondary N) is 1. The molecule has 2 aliphatic heterocycles. The highest BCUT2D eigenvalue weighted by Gasteiger charge is 2.53. The fourth-order valence-corrected chi connectivity index (χ4v) is 6.27. The van der Waals surface area contributed by atoms with E-state index in [4.69, 9.17) is 22.2 Å². The van der Waals surface area contributed by atoms with Crippen LogP contribution < -0.4 is 20.7 Å². The van der Waals surface area contributed by atoms with Crippen LogP contribution in [0.1, 0.15) is 19.5 Å². The second kappa shape index (κ2) is 10.7. The number of carbonyl (C=O) groups is 4. The molecule has 0 aliphatic carbocycles. The minimum Gasteiger partial charge on any atom is -0.543 e. The molecule has 2 aliphatic rings. The van der Waals surface area contributed by atoms with Crippen molar-refractivity contribution in [2.45, 2.75) is 37.4 Å². The van der Waals surface area contributed by atoms with Crippen molar-refractivity contribution in [2.24, 2.45) is 5.16 Å². The minimum absolute atomic E-state index is 0.0156. The SMILES string of the molecule is CC(C)(O/N=C(\C(=O)N[C@@H]1C(=O)N2C(C(=O)[O-])=C(C[n+]3ccn4cc(Cl)ccc43)CS[C@@H]12)c1csc(N)n1)C(=O)O. The Kier molecular flexibility index (Phi) is 7.39. The third-order valence-electron chi connectivity index (χ3n) is 6.37. The van der Waals surface area contributed by atoms with Crippen LogP contribution in [0.2, 0.25) is 5.02 Å². The lowest BCUT2D eigenvalue weighted by atomic mass is 10.0. The monoisotopic (exact) mass is 619 g/mol. The van der Waals surface area contributed by atoms with Gasteiger partial charge in [0.25, 0.3) is 17.5 Å². The van der Waals surface area contributed by atoms with Crippen molar-refractivity contribution in [1.29, 1.82) is 0 Å². The summed E-state index contributed by atoms with van der Waals surface area (Å²) < 4.78 is 3.61. The normalized spacial score (nSPS) is 19.1. The van der Waals surface area contributed by atoms with Gasteiger partial charge in [-0.2, -0.15) is 0 Å². The number of fused-ring (bicyclic) bond motifs is 2. The molecule has 1 fully saturated rings. The number of carbonyl (C=O) groups excluding carboxylic acids is 3. The minimum atomic E-state index is -1.77. The summed E-state index contributed by atoms with van der Waals surface area (Å²) in [6.07, 6.45) is 5.25. The van der Waals surface area contributed by atoms with Gasteiger partial charge in [-0.1, -0.05) is 16.8 Å². The molecule has 5 heterocycles. The molecule has 17 heteroatoms. The number of imidazole rings is 1. The zero-order valence-corrected chi connectivity index (χ0v) is 23.8. The van der Waals surface area contributed by atoms with E-state index in [-0.39, 0.29) is 28.8 Å². The third kappa shape index (κ3) is 5.32. The van der Waals surface area contributed by atoms with Crippen molar-refractivity contribution in [1.82, 2.24) is 19.6 Å². The summed E-state index contributed by atoms with van der Waals surface area (Å²) in [6.45, 7) is 2.66. The summed E-state index contributed by atoms with van der Waals surface area (Å²) >= 11 is 8.35. The highest BCUT2D eigenvalue weighted by molar-refractivity contribution is 8.00. The van der Waals surface area contributed by atoms with Gasteiger partial charge in [0, 0.05) is 22.8 Å². The number of pyridine rings is 1. The number of nitrogen functional groups attached to an aromatic ring is 1. The number of carboxylic acids is 2. The summed E-state index contributed by atoms with van der Waals surface area (Å²) in [5.41, 5.74) is 4.50. The van der Waals surface area contributed by atoms with E-state index in [0.717, 1.165) is 21.9 Å². The Balaban J connectivity index is 1.37. The number of thiazole rings is 1. The van der Waals surface area contributed by atoms with Crippen molar-refractivity contribution < 1.29 is 38.8 Å². The summed E-state index contributed by atoms with van der Waals surface area (Å²) in [5.74, 6) is -4.12. The van der Waals surface area contributed by atoms with E-state index in [0.29, 0.717) is 10.6 Å². The van der Waals surface area contributed by atoms with Gasteiger partial charge in [0.1, 0.15) is 42.2 Å². The Morgan fingerprint density at radius 1 is 1.39 bits per heavy atom. The van der Waals surface area contributed by atoms with Gasteiger partial charge in [0.05, 0.1) is 16.7 Å². The lowest BCUT2D eigenvalue weighted by Crippen LogP contribution is -2.71. The number of oxime groups is 1. The van der Waals surface area contributed by atoms with Crippen LogP contribution in [0, 0.1) is 0 Å². The first-order valence-electron chi connectivity index (χ1n) is 11.9. The number of hydrogen-bond donors (Lipinski definition) is 3. The van der Waals surface area contributed by atoms with Crippen LogP contribution in [0.3, 0.4) is 0 Å². The summed E-state index contributed by atoms with van der Waals surface area (Å²) in [6, 6.07) is 2.41. The van der Waals surface area contributed by atoms with Gasteiger partial charge in [-0.05, 0) is 19.9 Å². The first kappa shape index (κ1) is 28.4. The standard InChI is InChI=1S/C24H22ClN7O7S2/c1-24(2,22(37)38)39-29-15(13-10-41-23(26)27-13)18(33)28-16-19(34)32-17(21(35)36)11(9-40-20(16)32)7-30-5-6-31-8-12(25)3-4-14(30)31/h3-6,8,10,16,20H,7,9H2,1-2H3,(H4-,26,27,28,33,35,36,37,38)/b29-15-/t16-,20+/m1/s1. The molecule has 0 spiro atoms. The molecule has 1 saturated heterocycles. The van der Waals surface area contributed by atoms with Gasteiger partial charge in [0.2, 0.25) is 5.60 Å². The maximum Gasteiger partial charge on any atom is 0.350 e. The average molecular weight is 620 g/mol. The average Bonchev–Trinajstić information content (AvgIpc) is 3.52. The van der Waals surface area contributed by atoms with Crippen molar-refractivity contribution in [3.05, 3.63) is 58.1 Å². The topological polar surface area (TPSA) is 196 Å². The van der Waals surface area contributed by atoms with Gasteiger partial charge in [0.15, 0.2) is 10.8 Å². The van der Waals surface area contributed by atoms with E-state index in [9.17, 15) is 29.4 Å². The van der Waals surface area contributed by atoms with E-state index in [1.165, 1.54) is 31.0 Å². The largest absolute Gasteiger partial charge is 0.543 e. The predicted molar refractivity (Wildman–Crippen MR) is 146 cm³/mol. The molecular formula is C24H22ClN7O7S2. The quantitative estimate of drug-likeness (QED) is 0.123. The highest BCUT2D eigenvalue weighted by atomic mass is 35.5. The second-order valence-corrected chi connectivity index (χ2v) is 12.0. The van der Waals surface area contributed by atoms with Crippen LogP contribution in [-0.4, -0.2) is 71.6 Å². The van der Waals surface area contributed by atoms with Crippen molar-refractivity contribution >= 4 is 74.9 Å². The molecule has 4 N–H and O–H groups in total. The van der Waals surface area contributed by atoms with Crippen LogP contribution in [-0.2, 0) is 30.6 Å². The number of carboxylic acid groups (broad SMARTS) is 2. The van der Waals surface area contributed by atoms with Crippen LogP contribution in [0.15, 0.2) is 52.5 Å². The highest BCUT2D eigenvalue weighted by Crippen LogP contribution is 2.40. The maximum absolute atomic E-state index is 13.2. The van der Waals surface area contributed by atoms with Gasteiger partial charge < -0.3 is 30.9 Å². The molecule has 0 radical (unpaired) electrons. The van der Waals surface area contributed by atoms with Gasteiger partial charge in [-0.15, -0.1) is 23.1 Å². The van der Waals surface area contributed by atoms with Gasteiger partial charge >= 0.3 is 5.97 Å². The number of nitrogens with zero attached hydrogens (tertiary/aromatic N) is 5. The lowest BCUT2D eigenvalue weighted by Gasteiger charge is -2.50. The van der Waals surface area contributed by atoms with Crippen molar-refractivity contribution in [3.63, 3.8) is 0 Å². The molecular weight excluding hydrogens is 598 g/mol. The fraction of sp³-hybridized carbons (Fsp3) is 0.292. The van der Waals surface area contributed by atoms with Crippen molar-refractivity contribution in [2.75, 3.05) is 11.5 Å². The Bertz CT molecular complexity index is 1660. The molecule has 2 amide bonds. The van der Waals surface area contributed by atoms with Crippen LogP contribution in [0.25, 0.3) is 5.65 Å². The number of thioether (sulfide) groups is 1. The van der Waals surface area contributed by atoms with Gasteiger partial charge in [-0.3, -0.25) is 14.5 Å². The molecule has 14 nitrogen and oxygen atoms in total. The smallest absolute Gasteiger partial charge is 0.350 e. The molecule has 214 valence electrons. The van der Waals surface area contributed by atoms with Crippen LogP contribution >= 0.6 is 34.7 Å². The maximum atomic E-state index is 13.2. The van der Waals surface area contributed by atoms with E-state index >= 15 is 0 Å². The first-order valence-corrected chi connectivity index (χ1v) is 14.2. The number of halogens is 1. The molecule has 2 atom stereocenters. The molecule has 0 aromatic carbocycles. The zero-order chi connectivity index (χ0) is 29.6. The molecule has 3 aromatic rings. The Labute approximate surface area is 245 Å². The fourth-order valence-electron chi connectivity index (χ4n) is 4.22. The number of nitrogens with two attached hydrogens (primary N) is 1. The molecule has 0 bridgehead atoms. The number of amides is 2. The molecule has 41 heavy (non-hydrogen) atoms. The van der Waals surface area contributed by atoms with E-state index < -0.39 is 46.5 Å². The number of aliphatic carboxylic acids is 2. The number of β-lactam (4-membered cyclic amide) rings is 1. The third-order valence-corrected chi connectivity index (χ3v) is 8.61. The molecule has 3 aromatic heterocycles. The van der Waals surface area contributed by atoms with E-state index in [1.807, 2.05) is 4.57 Å². The lowest BCUT2D eigenvalue weighted by molar-refractivity contribution is -0.662. The van der Waals surface area contributed by atoms with E-state index in [2.05, 4.69) is 15.5 Å². The number of anilines is 1. The summed E-state index contributed by atoms with van der Waals surface area (Å²) in [5, 5.41) is 29.1. The zero-order valence-electron chi connectivity index (χ0n) is 21.4. The number of aromatic nitrogens is 3. The molecule has 0 unspecified atom stereocenters. The second-order valence-electron chi connectivity index (χ2n) is 9.56. The van der Waals surface area contributed by atoms with Crippen LogP contribution in [0.4, 0.5) is 5.13 Å². The Morgan fingerprint density at radius 3 is 2.80 bits per heavy atom. The van der Waals surface area contributed by atoms with E-state index in [1.54, 1.807) is 35.1 Å². The molecule has 5 rings (SSSR count). The van der Waals surface area contributed by atoms with Crippen molar-refractivity contribution in [3.8, 4) is 0 Å². The van der Waals surface area contributed by atoms with Gasteiger partial charge in [-0.25, -0.2) is 18.7 Å². The number of rotatable bonds is 9.